The Labute approximate surface area is 113 Å². The lowest BCUT2D eigenvalue weighted by Gasteiger charge is -2.05. The smallest absolute Gasteiger partial charge is 0.416 e. The van der Waals surface area contributed by atoms with E-state index >= 15 is 0 Å². The number of oxazole rings is 1. The molecular formula is C14H12F3NO2. The molecule has 0 aliphatic carbocycles. The Morgan fingerprint density at radius 1 is 1.15 bits per heavy atom. The third-order valence-corrected chi connectivity index (χ3v) is 2.59. The second kappa shape index (κ2) is 5.92. The van der Waals surface area contributed by atoms with Gasteiger partial charge in [0.2, 0.25) is 5.89 Å². The molecule has 0 saturated heterocycles. The highest BCUT2D eigenvalue weighted by molar-refractivity contribution is 5.66. The standard InChI is InChI=1S/C14H12F3NO2/c15-14(16,17)11-4-1-10(2-5-11)3-6-13-18-12(7-8-19)9-20-13/h1-6,9,19H,7-8H2/b6-3+. The summed E-state index contributed by atoms with van der Waals surface area (Å²) < 4.78 is 42.3. The van der Waals surface area contributed by atoms with Crippen LogP contribution in [-0.4, -0.2) is 16.7 Å². The summed E-state index contributed by atoms with van der Waals surface area (Å²) in [6.07, 6.45) is 0.669. The lowest BCUT2D eigenvalue weighted by Crippen LogP contribution is -2.03. The largest absolute Gasteiger partial charge is 0.445 e. The van der Waals surface area contributed by atoms with Crippen LogP contribution in [0.4, 0.5) is 13.2 Å². The SMILES string of the molecule is OCCc1coc(/C=C/c2ccc(C(F)(F)F)cc2)n1. The van der Waals surface area contributed by atoms with Crippen molar-refractivity contribution in [2.45, 2.75) is 12.6 Å². The monoisotopic (exact) mass is 283 g/mol. The first-order valence-electron chi connectivity index (χ1n) is 5.89. The minimum atomic E-state index is -4.33. The van der Waals surface area contributed by atoms with Gasteiger partial charge >= 0.3 is 6.18 Å². The van der Waals surface area contributed by atoms with E-state index in [-0.39, 0.29) is 6.61 Å². The fourth-order valence-corrected chi connectivity index (χ4v) is 1.58. The number of nitrogens with zero attached hydrogens (tertiary/aromatic N) is 1. The zero-order valence-electron chi connectivity index (χ0n) is 10.4. The molecule has 0 aliphatic rings. The van der Waals surface area contributed by atoms with Gasteiger partial charge in [0.15, 0.2) is 0 Å². The molecule has 1 aromatic heterocycles. The maximum atomic E-state index is 12.4. The first-order valence-corrected chi connectivity index (χ1v) is 5.89. The van der Waals surface area contributed by atoms with Crippen LogP contribution in [0.15, 0.2) is 34.9 Å². The van der Waals surface area contributed by atoms with Crippen molar-refractivity contribution >= 4 is 12.2 Å². The highest BCUT2D eigenvalue weighted by atomic mass is 19.4. The lowest BCUT2D eigenvalue weighted by molar-refractivity contribution is -0.137. The van der Waals surface area contributed by atoms with Gasteiger partial charge in [-0.1, -0.05) is 12.1 Å². The zero-order chi connectivity index (χ0) is 14.6. The summed E-state index contributed by atoms with van der Waals surface area (Å²) in [7, 11) is 0. The topological polar surface area (TPSA) is 46.3 Å². The van der Waals surface area contributed by atoms with Crippen molar-refractivity contribution in [3.05, 3.63) is 53.2 Å². The van der Waals surface area contributed by atoms with E-state index in [0.717, 1.165) is 12.1 Å². The predicted molar refractivity (Wildman–Crippen MR) is 67.7 cm³/mol. The predicted octanol–water partition coefficient (Wildman–Crippen LogP) is 3.40. The lowest BCUT2D eigenvalue weighted by atomic mass is 10.1. The van der Waals surface area contributed by atoms with Crippen LogP contribution in [0.25, 0.3) is 12.2 Å². The van der Waals surface area contributed by atoms with Gasteiger partial charge in [0.1, 0.15) is 6.26 Å². The molecule has 0 fully saturated rings. The molecule has 0 spiro atoms. The molecule has 106 valence electrons. The second-order valence-corrected chi connectivity index (χ2v) is 4.10. The molecule has 0 aliphatic heterocycles. The van der Waals surface area contributed by atoms with E-state index in [1.54, 1.807) is 12.2 Å². The first-order chi connectivity index (χ1) is 9.49. The zero-order valence-corrected chi connectivity index (χ0v) is 10.4. The van der Waals surface area contributed by atoms with E-state index in [4.69, 9.17) is 9.52 Å². The van der Waals surface area contributed by atoms with Gasteiger partial charge in [0, 0.05) is 19.1 Å². The van der Waals surface area contributed by atoms with Crippen LogP contribution >= 0.6 is 0 Å². The number of aliphatic hydroxyl groups is 1. The number of halogens is 3. The van der Waals surface area contributed by atoms with E-state index in [2.05, 4.69) is 4.98 Å². The average Bonchev–Trinajstić information content (AvgIpc) is 2.84. The molecule has 0 radical (unpaired) electrons. The number of aliphatic hydroxyl groups excluding tert-OH is 1. The normalized spacial score (nSPS) is 12.2. The summed E-state index contributed by atoms with van der Waals surface area (Å²) in [6.45, 7) is -0.0193. The molecule has 0 saturated carbocycles. The molecule has 20 heavy (non-hydrogen) atoms. The maximum Gasteiger partial charge on any atom is 0.416 e. The molecule has 0 bridgehead atoms. The van der Waals surface area contributed by atoms with Crippen molar-refractivity contribution in [1.29, 1.82) is 0 Å². The summed E-state index contributed by atoms with van der Waals surface area (Å²) in [5.74, 6) is 0.341. The number of aromatic nitrogens is 1. The van der Waals surface area contributed by atoms with Gasteiger partial charge in [0.25, 0.3) is 0 Å². The van der Waals surface area contributed by atoms with E-state index < -0.39 is 11.7 Å². The summed E-state index contributed by atoms with van der Waals surface area (Å²) in [5, 5.41) is 8.74. The Balaban J connectivity index is 2.07. The van der Waals surface area contributed by atoms with Gasteiger partial charge < -0.3 is 9.52 Å². The third-order valence-electron chi connectivity index (χ3n) is 2.59. The van der Waals surface area contributed by atoms with Gasteiger partial charge in [-0.15, -0.1) is 0 Å². The van der Waals surface area contributed by atoms with Crippen molar-refractivity contribution in [3.63, 3.8) is 0 Å². The highest BCUT2D eigenvalue weighted by Crippen LogP contribution is 2.29. The number of rotatable bonds is 4. The molecule has 1 aromatic carbocycles. The number of hydrogen-bond acceptors (Lipinski definition) is 3. The molecule has 3 nitrogen and oxygen atoms in total. The molecule has 0 atom stereocenters. The summed E-state index contributed by atoms with van der Waals surface area (Å²) in [5.41, 5.74) is 0.551. The number of benzene rings is 1. The number of alkyl halides is 3. The van der Waals surface area contributed by atoms with Crippen molar-refractivity contribution in [3.8, 4) is 0 Å². The van der Waals surface area contributed by atoms with Crippen LogP contribution in [0.3, 0.4) is 0 Å². The Morgan fingerprint density at radius 2 is 1.85 bits per heavy atom. The van der Waals surface area contributed by atoms with Gasteiger partial charge in [-0.25, -0.2) is 4.98 Å². The van der Waals surface area contributed by atoms with Crippen LogP contribution in [0.2, 0.25) is 0 Å². The molecule has 0 amide bonds. The van der Waals surface area contributed by atoms with E-state index in [9.17, 15) is 13.2 Å². The number of hydrogen-bond donors (Lipinski definition) is 1. The van der Waals surface area contributed by atoms with Crippen molar-refractivity contribution in [2.75, 3.05) is 6.61 Å². The van der Waals surface area contributed by atoms with Crippen molar-refractivity contribution in [2.24, 2.45) is 0 Å². The molecule has 1 N–H and O–H groups in total. The van der Waals surface area contributed by atoms with Crippen LogP contribution < -0.4 is 0 Å². The van der Waals surface area contributed by atoms with Gasteiger partial charge in [-0.05, 0) is 23.8 Å². The van der Waals surface area contributed by atoms with E-state index in [0.29, 0.717) is 23.6 Å². The Morgan fingerprint density at radius 3 is 2.45 bits per heavy atom. The minimum Gasteiger partial charge on any atom is -0.445 e. The average molecular weight is 283 g/mol. The third kappa shape index (κ3) is 3.71. The summed E-state index contributed by atoms with van der Waals surface area (Å²) >= 11 is 0. The fraction of sp³-hybridized carbons (Fsp3) is 0.214. The van der Waals surface area contributed by atoms with Crippen LogP contribution in [0, 0.1) is 0 Å². The second-order valence-electron chi connectivity index (χ2n) is 4.10. The first kappa shape index (κ1) is 14.3. The highest BCUT2D eigenvalue weighted by Gasteiger charge is 2.29. The quantitative estimate of drug-likeness (QED) is 0.935. The van der Waals surface area contributed by atoms with E-state index in [1.165, 1.54) is 18.4 Å². The summed E-state index contributed by atoms with van der Waals surface area (Å²) in [4.78, 5) is 4.08. The Kier molecular flexibility index (Phi) is 4.24. The van der Waals surface area contributed by atoms with Crippen LogP contribution in [0.5, 0.6) is 0 Å². The molecule has 2 rings (SSSR count). The fourth-order valence-electron chi connectivity index (χ4n) is 1.58. The molecule has 0 unspecified atom stereocenters. The maximum absolute atomic E-state index is 12.4. The van der Waals surface area contributed by atoms with Crippen molar-refractivity contribution < 1.29 is 22.7 Å². The molecular weight excluding hydrogens is 271 g/mol. The van der Waals surface area contributed by atoms with Gasteiger partial charge in [-0.3, -0.25) is 0 Å². The van der Waals surface area contributed by atoms with Gasteiger partial charge in [-0.2, -0.15) is 13.2 Å². The van der Waals surface area contributed by atoms with Gasteiger partial charge in [0.05, 0.1) is 11.3 Å². The van der Waals surface area contributed by atoms with Crippen LogP contribution in [0.1, 0.15) is 22.7 Å². The Bertz CT molecular complexity index is 585. The summed E-state index contributed by atoms with van der Waals surface area (Å²) in [6, 6.07) is 4.78. The van der Waals surface area contributed by atoms with Crippen LogP contribution in [-0.2, 0) is 12.6 Å². The molecule has 6 heteroatoms. The van der Waals surface area contributed by atoms with E-state index in [1.807, 2.05) is 0 Å². The Hall–Kier alpha value is -2.08. The molecule has 1 heterocycles. The molecule has 2 aromatic rings. The van der Waals surface area contributed by atoms with Crippen molar-refractivity contribution in [1.82, 2.24) is 4.98 Å². The minimum absolute atomic E-state index is 0.0193.